The zero-order valence-corrected chi connectivity index (χ0v) is 7.46. The fraction of sp³-hybridized carbons (Fsp3) is 0.909. The summed E-state index contributed by atoms with van der Waals surface area (Å²) in [6, 6.07) is 0. The highest BCUT2D eigenvalue weighted by molar-refractivity contribution is 5.87. The van der Waals surface area contributed by atoms with Crippen molar-refractivity contribution < 1.29 is 4.79 Å². The summed E-state index contributed by atoms with van der Waals surface area (Å²) in [5.41, 5.74) is 0. The quantitative estimate of drug-likeness (QED) is 0.537. The monoisotopic (exact) mass is 164 g/mol. The van der Waals surface area contributed by atoms with Gasteiger partial charge in [-0.25, -0.2) is 0 Å². The Bertz CT molecular complexity index is 201. The summed E-state index contributed by atoms with van der Waals surface area (Å²) in [5, 5.41) is 0. The van der Waals surface area contributed by atoms with E-state index < -0.39 is 0 Å². The normalized spacial score (nSPS) is 51.2. The van der Waals surface area contributed by atoms with Gasteiger partial charge in [0.2, 0.25) is 0 Å². The lowest BCUT2D eigenvalue weighted by Gasteiger charge is -2.19. The Balaban J connectivity index is 1.97. The van der Waals surface area contributed by atoms with E-state index in [1.165, 1.54) is 38.5 Å². The van der Waals surface area contributed by atoms with E-state index in [1.807, 2.05) is 0 Å². The lowest BCUT2D eigenvalue weighted by Crippen LogP contribution is -2.22. The van der Waals surface area contributed by atoms with Crippen molar-refractivity contribution in [1.82, 2.24) is 0 Å². The van der Waals surface area contributed by atoms with Crippen LogP contribution in [-0.2, 0) is 4.79 Å². The maximum absolute atomic E-state index is 11.8. The van der Waals surface area contributed by atoms with Crippen molar-refractivity contribution in [2.75, 3.05) is 0 Å². The lowest BCUT2D eigenvalue weighted by molar-refractivity contribution is -0.126. The summed E-state index contributed by atoms with van der Waals surface area (Å²) < 4.78 is 0. The van der Waals surface area contributed by atoms with Gasteiger partial charge in [0.1, 0.15) is 5.78 Å². The van der Waals surface area contributed by atoms with Crippen molar-refractivity contribution >= 4 is 5.78 Å². The van der Waals surface area contributed by atoms with Crippen LogP contribution in [0.4, 0.5) is 0 Å². The van der Waals surface area contributed by atoms with E-state index in [4.69, 9.17) is 0 Å². The molecule has 3 rings (SSSR count). The van der Waals surface area contributed by atoms with Gasteiger partial charge in [-0.05, 0) is 37.5 Å². The predicted molar refractivity (Wildman–Crippen MR) is 46.7 cm³/mol. The topological polar surface area (TPSA) is 17.1 Å². The second-order valence-electron chi connectivity index (χ2n) is 4.80. The van der Waals surface area contributed by atoms with Crippen LogP contribution < -0.4 is 0 Å². The van der Waals surface area contributed by atoms with Crippen LogP contribution in [0.3, 0.4) is 0 Å². The first-order valence-electron chi connectivity index (χ1n) is 5.41. The minimum atomic E-state index is 0.510. The fourth-order valence-electron chi connectivity index (χ4n) is 3.98. The molecule has 1 heteroatoms. The van der Waals surface area contributed by atoms with Crippen molar-refractivity contribution in [3.05, 3.63) is 0 Å². The molecule has 4 atom stereocenters. The number of carbonyl (C=O) groups excluding carboxylic acids is 1. The number of hydrogen-bond donors (Lipinski definition) is 0. The highest BCUT2D eigenvalue weighted by atomic mass is 16.1. The fourth-order valence-corrected chi connectivity index (χ4v) is 3.98. The highest BCUT2D eigenvalue weighted by Gasteiger charge is 2.52. The van der Waals surface area contributed by atoms with Crippen molar-refractivity contribution in [2.24, 2.45) is 23.7 Å². The van der Waals surface area contributed by atoms with Gasteiger partial charge in [-0.1, -0.05) is 12.8 Å². The standard InChI is InChI=1S/C11H16O/c12-11-9-5-2-6-10(11)8-4-1-3-7(8)9/h7-10H,1-6H2. The molecule has 1 nitrogen and oxygen atoms in total. The van der Waals surface area contributed by atoms with Gasteiger partial charge in [-0.2, -0.15) is 0 Å². The molecule has 0 aromatic heterocycles. The zero-order chi connectivity index (χ0) is 8.13. The molecular formula is C11H16O. The summed E-state index contributed by atoms with van der Waals surface area (Å²) in [5.74, 6) is 3.32. The minimum absolute atomic E-state index is 0.510. The van der Waals surface area contributed by atoms with Crippen molar-refractivity contribution in [1.29, 1.82) is 0 Å². The maximum atomic E-state index is 11.8. The van der Waals surface area contributed by atoms with Gasteiger partial charge in [0.25, 0.3) is 0 Å². The summed E-state index contributed by atoms with van der Waals surface area (Å²) in [6.07, 6.45) is 7.88. The second kappa shape index (κ2) is 2.34. The number of carbonyl (C=O) groups is 1. The van der Waals surface area contributed by atoms with Gasteiger partial charge in [0.15, 0.2) is 0 Å². The molecule has 3 fully saturated rings. The lowest BCUT2D eigenvalue weighted by atomic mass is 9.84. The van der Waals surface area contributed by atoms with Crippen molar-refractivity contribution in [2.45, 2.75) is 38.5 Å². The largest absolute Gasteiger partial charge is 0.299 e. The first-order valence-corrected chi connectivity index (χ1v) is 5.41. The van der Waals surface area contributed by atoms with Crippen LogP contribution in [0.2, 0.25) is 0 Å². The average Bonchev–Trinajstić information content (AvgIpc) is 2.57. The van der Waals surface area contributed by atoms with Gasteiger partial charge >= 0.3 is 0 Å². The van der Waals surface area contributed by atoms with Gasteiger partial charge in [0, 0.05) is 11.8 Å². The molecule has 0 heterocycles. The van der Waals surface area contributed by atoms with Crippen molar-refractivity contribution in [3.63, 3.8) is 0 Å². The predicted octanol–water partition coefficient (Wildman–Crippen LogP) is 2.40. The van der Waals surface area contributed by atoms with Crippen molar-refractivity contribution in [3.8, 4) is 0 Å². The number of Topliss-reactive ketones (excluding diaryl/α,β-unsaturated/α-hetero) is 1. The molecule has 0 amide bonds. The third-order valence-corrected chi connectivity index (χ3v) is 4.42. The third kappa shape index (κ3) is 0.725. The Hall–Kier alpha value is -0.330. The molecular weight excluding hydrogens is 148 g/mol. The molecule has 3 aliphatic carbocycles. The first-order chi connectivity index (χ1) is 5.88. The molecule has 4 unspecified atom stereocenters. The van der Waals surface area contributed by atoms with E-state index in [0.717, 1.165) is 11.8 Å². The summed E-state index contributed by atoms with van der Waals surface area (Å²) in [7, 11) is 0. The van der Waals surface area contributed by atoms with Gasteiger partial charge in [-0.3, -0.25) is 4.79 Å². The van der Waals surface area contributed by atoms with E-state index >= 15 is 0 Å². The summed E-state index contributed by atoms with van der Waals surface area (Å²) in [4.78, 5) is 11.8. The molecule has 12 heavy (non-hydrogen) atoms. The molecule has 66 valence electrons. The van der Waals surface area contributed by atoms with Crippen LogP contribution in [0.5, 0.6) is 0 Å². The van der Waals surface area contributed by atoms with E-state index in [0.29, 0.717) is 17.6 Å². The van der Waals surface area contributed by atoms with Crippen LogP contribution in [0.1, 0.15) is 38.5 Å². The minimum Gasteiger partial charge on any atom is -0.299 e. The Morgan fingerprint density at radius 3 is 1.92 bits per heavy atom. The Labute approximate surface area is 73.5 Å². The second-order valence-corrected chi connectivity index (χ2v) is 4.80. The molecule has 0 aliphatic heterocycles. The molecule has 0 radical (unpaired) electrons. The van der Waals surface area contributed by atoms with E-state index in [-0.39, 0.29) is 0 Å². The smallest absolute Gasteiger partial charge is 0.139 e. The van der Waals surface area contributed by atoms with E-state index in [2.05, 4.69) is 0 Å². The summed E-state index contributed by atoms with van der Waals surface area (Å²) >= 11 is 0. The van der Waals surface area contributed by atoms with E-state index in [9.17, 15) is 4.79 Å². The summed E-state index contributed by atoms with van der Waals surface area (Å²) in [6.45, 7) is 0. The number of fused-ring (bicyclic) bond motifs is 5. The molecule has 0 aromatic rings. The number of hydrogen-bond acceptors (Lipinski definition) is 1. The average molecular weight is 164 g/mol. The SMILES string of the molecule is O=C1C2CCCC1C1CCCC21. The van der Waals surface area contributed by atoms with Crippen LogP contribution in [-0.4, -0.2) is 5.78 Å². The third-order valence-electron chi connectivity index (χ3n) is 4.42. The van der Waals surface area contributed by atoms with Crippen LogP contribution in [0.15, 0.2) is 0 Å². The molecule has 0 N–H and O–H groups in total. The number of rotatable bonds is 0. The molecule has 0 saturated heterocycles. The Kier molecular flexibility index (Phi) is 1.38. The van der Waals surface area contributed by atoms with E-state index in [1.54, 1.807) is 0 Å². The number of ketones is 1. The van der Waals surface area contributed by atoms with Crippen LogP contribution >= 0.6 is 0 Å². The molecule has 2 bridgehead atoms. The molecule has 0 aromatic carbocycles. The zero-order valence-electron chi connectivity index (χ0n) is 7.46. The van der Waals surface area contributed by atoms with Crippen LogP contribution in [0.25, 0.3) is 0 Å². The molecule has 0 spiro atoms. The Morgan fingerprint density at radius 1 is 0.833 bits per heavy atom. The van der Waals surface area contributed by atoms with Gasteiger partial charge in [-0.15, -0.1) is 0 Å². The highest BCUT2D eigenvalue weighted by Crippen LogP contribution is 2.54. The van der Waals surface area contributed by atoms with Gasteiger partial charge < -0.3 is 0 Å². The Morgan fingerprint density at radius 2 is 1.33 bits per heavy atom. The van der Waals surface area contributed by atoms with Gasteiger partial charge in [0.05, 0.1) is 0 Å². The maximum Gasteiger partial charge on any atom is 0.139 e. The molecule has 3 aliphatic rings. The van der Waals surface area contributed by atoms with Crippen LogP contribution in [0, 0.1) is 23.7 Å². The molecule has 3 saturated carbocycles. The first kappa shape index (κ1) is 7.11.